The van der Waals surface area contributed by atoms with Crippen LogP contribution in [0.25, 0.3) is 0 Å². The predicted molar refractivity (Wildman–Crippen MR) is 131 cm³/mol. The first-order valence-corrected chi connectivity index (χ1v) is 12.2. The molecule has 0 spiro atoms. The Balaban J connectivity index is 1.45. The van der Waals surface area contributed by atoms with E-state index in [0.29, 0.717) is 17.9 Å². The summed E-state index contributed by atoms with van der Waals surface area (Å²) in [4.78, 5) is 17.0. The van der Waals surface area contributed by atoms with Gasteiger partial charge in [0.1, 0.15) is 11.6 Å². The number of benzene rings is 3. The summed E-state index contributed by atoms with van der Waals surface area (Å²) in [5.41, 5.74) is 4.29. The zero-order valence-electron chi connectivity index (χ0n) is 19.6. The molecule has 2 atom stereocenters. The third-order valence-corrected chi connectivity index (χ3v) is 6.97. The SMILES string of the molecule is CC(Oc1ccc2c(c1)C(c1ccccc1)N(Cc1ccccc1F)CC2)C(=O)N1CCCC1. The average molecular weight is 459 g/mol. The quantitative estimate of drug-likeness (QED) is 0.498. The molecule has 1 amide bonds. The van der Waals surface area contributed by atoms with Crippen LogP contribution in [0.4, 0.5) is 4.39 Å². The lowest BCUT2D eigenvalue weighted by Crippen LogP contribution is -2.38. The molecule has 2 heterocycles. The molecule has 0 saturated carbocycles. The first kappa shape index (κ1) is 22.6. The number of halogens is 1. The molecule has 0 N–H and O–H groups in total. The lowest BCUT2D eigenvalue weighted by Gasteiger charge is -2.38. The summed E-state index contributed by atoms with van der Waals surface area (Å²) >= 11 is 0. The molecule has 5 rings (SSSR count). The minimum absolute atomic E-state index is 0.0160. The number of likely N-dealkylation sites (tertiary alicyclic amines) is 1. The van der Waals surface area contributed by atoms with E-state index in [0.717, 1.165) is 50.0 Å². The van der Waals surface area contributed by atoms with E-state index in [1.165, 1.54) is 11.6 Å². The standard InChI is InChI=1S/C29H31FN2O2/c1-21(29(33)31-16-7-8-17-31)34-25-14-13-22-15-18-32(20-24-11-5-6-12-27(24)30)28(26(22)19-25)23-9-3-2-4-10-23/h2-6,9-14,19,21,28H,7-8,15-18,20H2,1H3. The molecule has 0 bridgehead atoms. The van der Waals surface area contributed by atoms with Crippen LogP contribution in [0.2, 0.25) is 0 Å². The van der Waals surface area contributed by atoms with Gasteiger partial charge in [-0.1, -0.05) is 54.6 Å². The normalized spacial score (nSPS) is 19.0. The molecule has 2 unspecified atom stereocenters. The van der Waals surface area contributed by atoms with Crippen molar-refractivity contribution in [2.75, 3.05) is 19.6 Å². The minimum Gasteiger partial charge on any atom is -0.481 e. The summed E-state index contributed by atoms with van der Waals surface area (Å²) in [5, 5.41) is 0. The highest BCUT2D eigenvalue weighted by atomic mass is 19.1. The number of nitrogens with zero attached hydrogens (tertiary/aromatic N) is 2. The van der Waals surface area contributed by atoms with Gasteiger partial charge in [0.2, 0.25) is 0 Å². The predicted octanol–water partition coefficient (Wildman–Crippen LogP) is 5.36. The molecular weight excluding hydrogens is 427 g/mol. The van der Waals surface area contributed by atoms with Crippen LogP contribution < -0.4 is 4.74 Å². The summed E-state index contributed by atoms with van der Waals surface area (Å²) in [7, 11) is 0. The van der Waals surface area contributed by atoms with Crippen LogP contribution >= 0.6 is 0 Å². The van der Waals surface area contributed by atoms with Gasteiger partial charge in [-0.25, -0.2) is 4.39 Å². The van der Waals surface area contributed by atoms with Gasteiger partial charge in [0.25, 0.3) is 5.91 Å². The Hall–Kier alpha value is -3.18. The summed E-state index contributed by atoms with van der Waals surface area (Å²) < 4.78 is 20.6. The van der Waals surface area contributed by atoms with Crippen molar-refractivity contribution in [2.24, 2.45) is 0 Å². The highest BCUT2D eigenvalue weighted by molar-refractivity contribution is 5.81. The number of hydrogen-bond acceptors (Lipinski definition) is 3. The Bertz CT molecular complexity index is 1140. The van der Waals surface area contributed by atoms with Gasteiger partial charge in [0.15, 0.2) is 6.10 Å². The molecule has 3 aromatic rings. The number of carbonyl (C=O) groups is 1. The molecule has 34 heavy (non-hydrogen) atoms. The molecule has 0 radical (unpaired) electrons. The zero-order valence-corrected chi connectivity index (χ0v) is 19.6. The second-order valence-electron chi connectivity index (χ2n) is 9.28. The fraction of sp³-hybridized carbons (Fsp3) is 0.345. The molecular formula is C29H31FN2O2. The molecule has 2 aliphatic rings. The molecule has 1 saturated heterocycles. The monoisotopic (exact) mass is 458 g/mol. The maximum absolute atomic E-state index is 14.5. The Morgan fingerprint density at radius 1 is 1.00 bits per heavy atom. The van der Waals surface area contributed by atoms with E-state index in [1.54, 1.807) is 6.07 Å². The van der Waals surface area contributed by atoms with Crippen LogP contribution in [0, 0.1) is 5.82 Å². The van der Waals surface area contributed by atoms with E-state index in [-0.39, 0.29) is 17.8 Å². The van der Waals surface area contributed by atoms with Crippen LogP contribution in [0.1, 0.15) is 48.1 Å². The third kappa shape index (κ3) is 4.71. The van der Waals surface area contributed by atoms with E-state index >= 15 is 0 Å². The molecule has 5 heteroatoms. The first-order valence-electron chi connectivity index (χ1n) is 12.2. The average Bonchev–Trinajstić information content (AvgIpc) is 3.40. The van der Waals surface area contributed by atoms with Crippen LogP contribution in [0.15, 0.2) is 72.8 Å². The van der Waals surface area contributed by atoms with Crippen molar-refractivity contribution in [1.82, 2.24) is 9.80 Å². The van der Waals surface area contributed by atoms with E-state index in [2.05, 4.69) is 29.2 Å². The minimum atomic E-state index is -0.524. The number of rotatable bonds is 6. The molecule has 3 aromatic carbocycles. The number of ether oxygens (including phenoxy) is 1. The van der Waals surface area contributed by atoms with Crippen LogP contribution in [-0.2, 0) is 17.8 Å². The smallest absolute Gasteiger partial charge is 0.263 e. The number of fused-ring (bicyclic) bond motifs is 1. The topological polar surface area (TPSA) is 32.8 Å². The van der Waals surface area contributed by atoms with E-state index in [4.69, 9.17) is 4.74 Å². The van der Waals surface area contributed by atoms with Gasteiger partial charge >= 0.3 is 0 Å². The van der Waals surface area contributed by atoms with Gasteiger partial charge in [-0.2, -0.15) is 0 Å². The number of hydrogen-bond donors (Lipinski definition) is 0. The summed E-state index contributed by atoms with van der Waals surface area (Å²) in [6, 6.07) is 23.5. The molecule has 1 fully saturated rings. The van der Waals surface area contributed by atoms with Crippen LogP contribution in [-0.4, -0.2) is 41.4 Å². The fourth-order valence-electron chi connectivity index (χ4n) is 5.21. The van der Waals surface area contributed by atoms with E-state index < -0.39 is 6.10 Å². The number of amides is 1. The van der Waals surface area contributed by atoms with Crippen molar-refractivity contribution in [2.45, 2.75) is 44.9 Å². The highest BCUT2D eigenvalue weighted by Crippen LogP contribution is 2.38. The highest BCUT2D eigenvalue weighted by Gasteiger charge is 2.30. The Morgan fingerprint density at radius 2 is 1.74 bits per heavy atom. The molecule has 0 aliphatic carbocycles. The van der Waals surface area contributed by atoms with Gasteiger partial charge in [0.05, 0.1) is 6.04 Å². The van der Waals surface area contributed by atoms with Crippen molar-refractivity contribution < 1.29 is 13.9 Å². The van der Waals surface area contributed by atoms with Crippen molar-refractivity contribution in [3.05, 3.63) is 101 Å². The second-order valence-corrected chi connectivity index (χ2v) is 9.28. The van der Waals surface area contributed by atoms with Crippen molar-refractivity contribution in [1.29, 1.82) is 0 Å². The first-order chi connectivity index (χ1) is 16.6. The fourth-order valence-corrected chi connectivity index (χ4v) is 5.21. The Kier molecular flexibility index (Phi) is 6.63. The summed E-state index contributed by atoms with van der Waals surface area (Å²) in [5.74, 6) is 0.579. The maximum atomic E-state index is 14.5. The third-order valence-electron chi connectivity index (χ3n) is 6.97. The van der Waals surface area contributed by atoms with E-state index in [9.17, 15) is 9.18 Å². The molecule has 2 aliphatic heterocycles. The van der Waals surface area contributed by atoms with Crippen molar-refractivity contribution in [3.63, 3.8) is 0 Å². The van der Waals surface area contributed by atoms with Gasteiger partial charge in [-0.3, -0.25) is 9.69 Å². The summed E-state index contributed by atoms with van der Waals surface area (Å²) in [6.07, 6.45) is 2.49. The van der Waals surface area contributed by atoms with Crippen molar-refractivity contribution >= 4 is 5.91 Å². The van der Waals surface area contributed by atoms with Crippen molar-refractivity contribution in [3.8, 4) is 5.75 Å². The zero-order chi connectivity index (χ0) is 23.5. The number of carbonyl (C=O) groups excluding carboxylic acids is 1. The summed E-state index contributed by atoms with van der Waals surface area (Å²) in [6.45, 7) is 4.83. The molecule has 0 aromatic heterocycles. The largest absolute Gasteiger partial charge is 0.481 e. The molecule has 176 valence electrons. The Morgan fingerprint density at radius 3 is 2.50 bits per heavy atom. The molecule has 4 nitrogen and oxygen atoms in total. The van der Waals surface area contributed by atoms with Gasteiger partial charge in [0, 0.05) is 31.7 Å². The van der Waals surface area contributed by atoms with Gasteiger partial charge < -0.3 is 9.64 Å². The second kappa shape index (κ2) is 9.98. The maximum Gasteiger partial charge on any atom is 0.263 e. The lowest BCUT2D eigenvalue weighted by molar-refractivity contribution is -0.136. The Labute approximate surface area is 201 Å². The van der Waals surface area contributed by atoms with Gasteiger partial charge in [-0.15, -0.1) is 0 Å². The van der Waals surface area contributed by atoms with Gasteiger partial charge in [-0.05, 0) is 61.1 Å². The lowest BCUT2D eigenvalue weighted by atomic mass is 9.87. The van der Waals surface area contributed by atoms with Crippen LogP contribution in [0.5, 0.6) is 5.75 Å². The van der Waals surface area contributed by atoms with Crippen LogP contribution in [0.3, 0.4) is 0 Å². The van der Waals surface area contributed by atoms with E-state index in [1.807, 2.05) is 48.2 Å².